The fourth-order valence-electron chi connectivity index (χ4n) is 9.54. The largest absolute Gasteiger partial charge is 0.462 e. The first-order valence-electron chi connectivity index (χ1n) is 31.3. The van der Waals surface area contributed by atoms with E-state index < -0.39 is 6.10 Å². The number of allylic oxidation sites excluding steroid dienone is 4. The zero-order valence-corrected chi connectivity index (χ0v) is 47.3. The summed E-state index contributed by atoms with van der Waals surface area (Å²) in [6.45, 7) is 6.60. The lowest BCUT2D eigenvalue weighted by molar-refractivity contribution is -0.167. The lowest BCUT2D eigenvalue weighted by atomic mass is 10.0. The van der Waals surface area contributed by atoms with E-state index in [2.05, 4.69) is 45.1 Å². The molecule has 1 atom stereocenters. The first kappa shape index (κ1) is 67.9. The maximum Gasteiger partial charge on any atom is 0.306 e. The minimum absolute atomic E-state index is 0.0676. The molecule has 0 spiro atoms. The zero-order valence-electron chi connectivity index (χ0n) is 47.3. The highest BCUT2D eigenvalue weighted by Crippen LogP contribution is 2.18. The molecule has 0 aromatic carbocycles. The molecule has 0 saturated carbocycles. The molecule has 6 nitrogen and oxygen atoms in total. The average molecular weight is 986 g/mol. The summed E-state index contributed by atoms with van der Waals surface area (Å²) in [6, 6.07) is 0. The van der Waals surface area contributed by atoms with Gasteiger partial charge in [0.25, 0.3) is 0 Å². The Morgan fingerprint density at radius 1 is 0.300 bits per heavy atom. The molecule has 0 aromatic rings. The van der Waals surface area contributed by atoms with E-state index in [0.717, 1.165) is 77.0 Å². The van der Waals surface area contributed by atoms with E-state index >= 15 is 0 Å². The van der Waals surface area contributed by atoms with Crippen LogP contribution in [0.3, 0.4) is 0 Å². The molecule has 0 aromatic heterocycles. The van der Waals surface area contributed by atoms with Crippen molar-refractivity contribution in [2.75, 3.05) is 13.2 Å². The van der Waals surface area contributed by atoms with Crippen LogP contribution in [0.4, 0.5) is 0 Å². The van der Waals surface area contributed by atoms with Crippen LogP contribution in [0.5, 0.6) is 0 Å². The van der Waals surface area contributed by atoms with Crippen molar-refractivity contribution < 1.29 is 28.6 Å². The third kappa shape index (κ3) is 56.8. The third-order valence-corrected chi connectivity index (χ3v) is 14.2. The molecule has 0 radical (unpaired) electrons. The number of unbranched alkanes of at least 4 members (excludes halogenated alkanes) is 43. The molecule has 0 aliphatic carbocycles. The summed E-state index contributed by atoms with van der Waals surface area (Å²) < 4.78 is 16.9. The van der Waals surface area contributed by atoms with Gasteiger partial charge in [-0.05, 0) is 44.9 Å². The first-order valence-corrected chi connectivity index (χ1v) is 31.3. The van der Waals surface area contributed by atoms with Crippen molar-refractivity contribution in [2.24, 2.45) is 0 Å². The summed E-state index contributed by atoms with van der Waals surface area (Å²) in [4.78, 5) is 38.3. The Morgan fingerprint density at radius 2 is 0.557 bits per heavy atom. The van der Waals surface area contributed by atoms with Gasteiger partial charge in [-0.1, -0.05) is 308 Å². The Kier molecular flexibility index (Phi) is 57.7. The minimum Gasteiger partial charge on any atom is -0.462 e. The van der Waals surface area contributed by atoms with E-state index in [1.54, 1.807) is 0 Å². The van der Waals surface area contributed by atoms with Gasteiger partial charge in [-0.3, -0.25) is 14.4 Å². The van der Waals surface area contributed by atoms with Gasteiger partial charge >= 0.3 is 17.9 Å². The van der Waals surface area contributed by atoms with Crippen LogP contribution >= 0.6 is 0 Å². The molecule has 0 N–H and O–H groups in total. The lowest BCUT2D eigenvalue weighted by Gasteiger charge is -2.18. The number of rotatable bonds is 58. The molecule has 0 heterocycles. The highest BCUT2D eigenvalue weighted by molar-refractivity contribution is 5.71. The van der Waals surface area contributed by atoms with Crippen LogP contribution in [0.25, 0.3) is 0 Å². The number of esters is 3. The van der Waals surface area contributed by atoms with Gasteiger partial charge in [0.1, 0.15) is 13.2 Å². The maximum absolute atomic E-state index is 12.9. The fraction of sp³-hybridized carbons (Fsp3) is 0.891. The summed E-state index contributed by atoms with van der Waals surface area (Å²) >= 11 is 0. The summed E-state index contributed by atoms with van der Waals surface area (Å²) in [5.41, 5.74) is 0. The van der Waals surface area contributed by atoms with E-state index in [9.17, 15) is 14.4 Å². The van der Waals surface area contributed by atoms with Crippen LogP contribution in [-0.4, -0.2) is 37.2 Å². The van der Waals surface area contributed by atoms with Gasteiger partial charge in [0.15, 0.2) is 6.10 Å². The van der Waals surface area contributed by atoms with Crippen LogP contribution in [0.1, 0.15) is 348 Å². The molecular weight excluding hydrogens is 865 g/mol. The quantitative estimate of drug-likeness (QED) is 0.0261. The van der Waals surface area contributed by atoms with Crippen LogP contribution < -0.4 is 0 Å². The third-order valence-electron chi connectivity index (χ3n) is 14.2. The van der Waals surface area contributed by atoms with E-state index in [-0.39, 0.29) is 31.1 Å². The second-order valence-corrected chi connectivity index (χ2v) is 21.3. The van der Waals surface area contributed by atoms with Crippen LogP contribution in [0.2, 0.25) is 0 Å². The van der Waals surface area contributed by atoms with Crippen molar-refractivity contribution in [3.05, 3.63) is 24.3 Å². The highest BCUT2D eigenvalue weighted by atomic mass is 16.6. The van der Waals surface area contributed by atoms with Crippen molar-refractivity contribution in [3.8, 4) is 0 Å². The van der Waals surface area contributed by atoms with Crippen molar-refractivity contribution in [2.45, 2.75) is 354 Å². The van der Waals surface area contributed by atoms with E-state index in [4.69, 9.17) is 14.2 Å². The van der Waals surface area contributed by atoms with Gasteiger partial charge in [0, 0.05) is 19.3 Å². The van der Waals surface area contributed by atoms with Crippen molar-refractivity contribution >= 4 is 17.9 Å². The molecule has 70 heavy (non-hydrogen) atoms. The minimum atomic E-state index is -0.770. The van der Waals surface area contributed by atoms with Gasteiger partial charge < -0.3 is 14.2 Å². The molecular formula is C64H120O6. The zero-order chi connectivity index (χ0) is 50.7. The molecule has 0 saturated heterocycles. The number of hydrogen-bond acceptors (Lipinski definition) is 6. The van der Waals surface area contributed by atoms with Crippen molar-refractivity contribution in [3.63, 3.8) is 0 Å². The second-order valence-electron chi connectivity index (χ2n) is 21.3. The van der Waals surface area contributed by atoms with Crippen LogP contribution in [-0.2, 0) is 28.6 Å². The Hall–Kier alpha value is -2.11. The predicted molar refractivity (Wildman–Crippen MR) is 303 cm³/mol. The maximum atomic E-state index is 12.9. The molecule has 0 aliphatic heterocycles. The Morgan fingerprint density at radius 3 is 0.857 bits per heavy atom. The fourth-order valence-corrected chi connectivity index (χ4v) is 9.54. The Labute approximate surface area is 436 Å². The molecule has 0 amide bonds. The van der Waals surface area contributed by atoms with Gasteiger partial charge in [-0.25, -0.2) is 0 Å². The highest BCUT2D eigenvalue weighted by Gasteiger charge is 2.19. The Bertz CT molecular complexity index is 1130. The molecule has 0 bridgehead atoms. The number of carbonyl (C=O) groups is 3. The van der Waals surface area contributed by atoms with Gasteiger partial charge in [0.2, 0.25) is 0 Å². The van der Waals surface area contributed by atoms with E-state index in [1.807, 2.05) is 0 Å². The summed E-state index contributed by atoms with van der Waals surface area (Å²) in [7, 11) is 0. The second kappa shape index (κ2) is 59.5. The normalized spacial score (nSPS) is 12.1. The monoisotopic (exact) mass is 985 g/mol. The lowest BCUT2D eigenvalue weighted by Crippen LogP contribution is -2.30. The molecule has 412 valence electrons. The molecule has 0 aliphatic rings. The Balaban J connectivity index is 4.29. The molecule has 0 fully saturated rings. The van der Waals surface area contributed by atoms with Crippen molar-refractivity contribution in [1.82, 2.24) is 0 Å². The number of hydrogen-bond donors (Lipinski definition) is 0. The number of ether oxygens (including phenoxy) is 3. The summed E-state index contributed by atoms with van der Waals surface area (Å²) in [6.07, 6.45) is 70.4. The predicted octanol–water partition coefficient (Wildman–Crippen LogP) is 21.1. The van der Waals surface area contributed by atoms with E-state index in [1.165, 1.54) is 231 Å². The average Bonchev–Trinajstić information content (AvgIpc) is 3.36. The number of carbonyl (C=O) groups excluding carboxylic acids is 3. The molecule has 0 rings (SSSR count). The first-order chi connectivity index (χ1) is 34.5. The van der Waals surface area contributed by atoms with E-state index in [0.29, 0.717) is 19.3 Å². The van der Waals surface area contributed by atoms with Gasteiger partial charge in [-0.2, -0.15) is 0 Å². The molecule has 1 unspecified atom stereocenters. The van der Waals surface area contributed by atoms with Crippen LogP contribution in [0, 0.1) is 0 Å². The van der Waals surface area contributed by atoms with Crippen LogP contribution in [0.15, 0.2) is 24.3 Å². The van der Waals surface area contributed by atoms with Crippen molar-refractivity contribution in [1.29, 1.82) is 0 Å². The summed E-state index contributed by atoms with van der Waals surface area (Å²) in [5.74, 6) is -0.849. The summed E-state index contributed by atoms with van der Waals surface area (Å²) in [5, 5.41) is 0. The standard InChI is InChI=1S/C64H120O6/c1-4-7-10-13-16-19-22-25-28-30-32-34-36-39-42-45-48-51-54-57-63(66)69-60-61(59-68-62(65)56-53-50-47-44-41-38-27-24-21-18-15-12-9-6-3)70-64(67)58-55-52-49-46-43-40-37-35-33-31-29-26-23-20-17-14-11-8-5-2/h9,12,18,21,61H,4-8,10-11,13-17,19-20,22-60H2,1-3H3/b12-9-,21-18-. The molecule has 6 heteroatoms. The van der Waals surface area contributed by atoms with Gasteiger partial charge in [-0.15, -0.1) is 0 Å². The van der Waals surface area contributed by atoms with Gasteiger partial charge in [0.05, 0.1) is 0 Å². The smallest absolute Gasteiger partial charge is 0.306 e. The SMILES string of the molecule is CC/C=C\C/C=C\CCCCCCCCCC(=O)OCC(COC(=O)CCCCCCCCCCCCCCCCCCCCC)OC(=O)CCCCCCCCCCCCCCCCCCCCC. The topological polar surface area (TPSA) is 78.9 Å².